The average molecular weight is 182 g/mol. The molecule has 0 radical (unpaired) electrons. The molecule has 1 saturated carbocycles. The molecule has 2 atom stereocenters. The van der Waals surface area contributed by atoms with Gasteiger partial charge in [0, 0.05) is 18.1 Å². The molecule has 0 amide bonds. The predicted molar refractivity (Wildman–Crippen MR) is 55.6 cm³/mol. The Morgan fingerprint density at radius 3 is 2.54 bits per heavy atom. The Morgan fingerprint density at radius 1 is 1.23 bits per heavy atom. The summed E-state index contributed by atoms with van der Waals surface area (Å²) < 4.78 is 0. The molecule has 0 aromatic rings. The maximum atomic E-state index is 6.08. The van der Waals surface area contributed by atoms with E-state index >= 15 is 0 Å². The van der Waals surface area contributed by atoms with E-state index in [0.717, 1.165) is 12.0 Å². The zero-order chi connectivity index (χ0) is 9.42. The van der Waals surface area contributed by atoms with Crippen LogP contribution in [0, 0.1) is 5.92 Å². The van der Waals surface area contributed by atoms with Gasteiger partial charge in [0.25, 0.3) is 0 Å². The topological polar surface area (TPSA) is 29.3 Å². The molecule has 2 rings (SSSR count). The highest BCUT2D eigenvalue weighted by Crippen LogP contribution is 2.34. The van der Waals surface area contributed by atoms with Crippen LogP contribution in [0.3, 0.4) is 0 Å². The molecule has 0 spiro atoms. The number of hydrogen-bond donors (Lipinski definition) is 1. The van der Waals surface area contributed by atoms with Crippen molar-refractivity contribution in [2.45, 2.75) is 57.7 Å². The molecule has 1 aliphatic carbocycles. The molecular weight excluding hydrogens is 160 g/mol. The number of nitrogens with zero attached hydrogens (tertiary/aromatic N) is 1. The van der Waals surface area contributed by atoms with Crippen LogP contribution in [0.2, 0.25) is 0 Å². The molecule has 2 heteroatoms. The second-order valence-electron chi connectivity index (χ2n) is 5.01. The van der Waals surface area contributed by atoms with Crippen molar-refractivity contribution in [1.82, 2.24) is 4.90 Å². The third-order valence-corrected chi connectivity index (χ3v) is 3.91. The van der Waals surface area contributed by atoms with Gasteiger partial charge in [0.1, 0.15) is 0 Å². The summed E-state index contributed by atoms with van der Waals surface area (Å²) in [6.45, 7) is 5.93. The third-order valence-electron chi connectivity index (χ3n) is 3.91. The Bertz CT molecular complexity index is 175. The van der Waals surface area contributed by atoms with Gasteiger partial charge < -0.3 is 5.73 Å². The molecule has 2 nitrogen and oxygen atoms in total. The van der Waals surface area contributed by atoms with Gasteiger partial charge in [-0.05, 0) is 45.1 Å². The fourth-order valence-corrected chi connectivity index (χ4v) is 2.85. The Balaban J connectivity index is 1.90. The van der Waals surface area contributed by atoms with Crippen LogP contribution in [0.15, 0.2) is 0 Å². The van der Waals surface area contributed by atoms with E-state index in [-0.39, 0.29) is 0 Å². The maximum absolute atomic E-state index is 6.08. The third kappa shape index (κ3) is 1.75. The molecular formula is C11H22N2. The molecule has 1 heterocycles. The zero-order valence-corrected chi connectivity index (χ0v) is 8.87. The summed E-state index contributed by atoms with van der Waals surface area (Å²) in [6, 6.07) is 1.90. The highest BCUT2D eigenvalue weighted by atomic mass is 15.2. The van der Waals surface area contributed by atoms with Crippen LogP contribution < -0.4 is 5.73 Å². The van der Waals surface area contributed by atoms with Gasteiger partial charge in [-0.15, -0.1) is 0 Å². The number of rotatable bonds is 1. The van der Waals surface area contributed by atoms with Crippen molar-refractivity contribution >= 4 is 0 Å². The Morgan fingerprint density at radius 2 is 1.92 bits per heavy atom. The summed E-state index contributed by atoms with van der Waals surface area (Å²) in [7, 11) is 0. The van der Waals surface area contributed by atoms with Crippen LogP contribution >= 0.6 is 0 Å². The SMILES string of the molecule is CC1CC(N2CCCC(N)C2C)C1. The first-order valence-electron chi connectivity index (χ1n) is 5.70. The van der Waals surface area contributed by atoms with Crippen LogP contribution in [0.25, 0.3) is 0 Å². The maximum Gasteiger partial charge on any atom is 0.0221 e. The second kappa shape index (κ2) is 3.58. The van der Waals surface area contributed by atoms with Gasteiger partial charge in [-0.1, -0.05) is 6.92 Å². The van der Waals surface area contributed by atoms with Crippen molar-refractivity contribution in [3.8, 4) is 0 Å². The van der Waals surface area contributed by atoms with E-state index < -0.39 is 0 Å². The van der Waals surface area contributed by atoms with E-state index in [1.54, 1.807) is 0 Å². The first kappa shape index (κ1) is 9.47. The van der Waals surface area contributed by atoms with Gasteiger partial charge in [0.05, 0.1) is 0 Å². The van der Waals surface area contributed by atoms with Crippen molar-refractivity contribution in [3.63, 3.8) is 0 Å². The van der Waals surface area contributed by atoms with Crippen LogP contribution in [-0.2, 0) is 0 Å². The lowest BCUT2D eigenvalue weighted by Gasteiger charge is -2.48. The van der Waals surface area contributed by atoms with Gasteiger partial charge >= 0.3 is 0 Å². The second-order valence-corrected chi connectivity index (χ2v) is 5.01. The Hall–Kier alpha value is -0.0800. The zero-order valence-electron chi connectivity index (χ0n) is 8.87. The normalized spacial score (nSPS) is 47.3. The lowest BCUT2D eigenvalue weighted by atomic mass is 9.79. The standard InChI is InChI=1S/C11H22N2/c1-8-6-10(7-8)13-5-3-4-11(12)9(13)2/h8-11H,3-7,12H2,1-2H3. The van der Waals surface area contributed by atoms with E-state index in [1.807, 2.05) is 0 Å². The van der Waals surface area contributed by atoms with Crippen molar-refractivity contribution < 1.29 is 0 Å². The smallest absolute Gasteiger partial charge is 0.0221 e. The van der Waals surface area contributed by atoms with Crippen molar-refractivity contribution in [1.29, 1.82) is 0 Å². The summed E-state index contributed by atoms with van der Waals surface area (Å²) in [6.07, 6.45) is 5.32. The van der Waals surface area contributed by atoms with E-state index in [1.165, 1.54) is 32.2 Å². The molecule has 1 saturated heterocycles. The highest BCUT2D eigenvalue weighted by molar-refractivity contribution is 4.92. The summed E-state index contributed by atoms with van der Waals surface area (Å²) in [5.74, 6) is 0.954. The summed E-state index contributed by atoms with van der Waals surface area (Å²) in [4.78, 5) is 2.65. The molecule has 13 heavy (non-hydrogen) atoms. The van der Waals surface area contributed by atoms with Crippen LogP contribution in [0.5, 0.6) is 0 Å². The molecule has 2 fully saturated rings. The number of nitrogens with two attached hydrogens (primary N) is 1. The highest BCUT2D eigenvalue weighted by Gasteiger charge is 2.36. The van der Waals surface area contributed by atoms with Crippen LogP contribution in [0.1, 0.15) is 39.5 Å². The van der Waals surface area contributed by atoms with E-state index in [0.29, 0.717) is 12.1 Å². The molecule has 76 valence electrons. The number of piperidine rings is 1. The summed E-state index contributed by atoms with van der Waals surface area (Å²) in [5.41, 5.74) is 6.08. The van der Waals surface area contributed by atoms with Crippen LogP contribution in [-0.4, -0.2) is 29.6 Å². The van der Waals surface area contributed by atoms with E-state index in [2.05, 4.69) is 18.7 Å². The van der Waals surface area contributed by atoms with Crippen molar-refractivity contribution in [2.24, 2.45) is 11.7 Å². The quantitative estimate of drug-likeness (QED) is 0.667. The molecule has 0 aromatic heterocycles. The predicted octanol–water partition coefficient (Wildman–Crippen LogP) is 1.60. The van der Waals surface area contributed by atoms with Gasteiger partial charge in [-0.3, -0.25) is 4.90 Å². The molecule has 2 unspecified atom stereocenters. The fraction of sp³-hybridized carbons (Fsp3) is 1.00. The first-order valence-corrected chi connectivity index (χ1v) is 5.70. The summed E-state index contributed by atoms with van der Waals surface area (Å²) >= 11 is 0. The van der Waals surface area contributed by atoms with Gasteiger partial charge in [-0.2, -0.15) is 0 Å². The minimum atomic E-state index is 0.421. The number of hydrogen-bond acceptors (Lipinski definition) is 2. The lowest BCUT2D eigenvalue weighted by molar-refractivity contribution is 0.0239. The monoisotopic (exact) mass is 182 g/mol. The fourth-order valence-electron chi connectivity index (χ4n) is 2.85. The molecule has 1 aliphatic heterocycles. The van der Waals surface area contributed by atoms with E-state index in [4.69, 9.17) is 5.73 Å². The van der Waals surface area contributed by atoms with Gasteiger partial charge in [0.15, 0.2) is 0 Å². The summed E-state index contributed by atoms with van der Waals surface area (Å²) in [5, 5.41) is 0. The number of likely N-dealkylation sites (tertiary alicyclic amines) is 1. The van der Waals surface area contributed by atoms with Gasteiger partial charge in [0.2, 0.25) is 0 Å². The molecule has 0 bridgehead atoms. The Labute approximate surface area is 81.5 Å². The van der Waals surface area contributed by atoms with E-state index in [9.17, 15) is 0 Å². The largest absolute Gasteiger partial charge is 0.326 e. The molecule has 2 aliphatic rings. The minimum absolute atomic E-state index is 0.421. The first-order chi connectivity index (χ1) is 6.18. The van der Waals surface area contributed by atoms with Crippen molar-refractivity contribution in [2.75, 3.05) is 6.54 Å². The Kier molecular flexibility index (Phi) is 2.61. The molecule has 2 N–H and O–H groups in total. The average Bonchev–Trinajstić information content (AvgIpc) is 2.05. The minimum Gasteiger partial charge on any atom is -0.326 e. The lowest BCUT2D eigenvalue weighted by Crippen LogP contribution is -2.57. The van der Waals surface area contributed by atoms with Gasteiger partial charge in [-0.25, -0.2) is 0 Å². The molecule has 0 aromatic carbocycles. The van der Waals surface area contributed by atoms with Crippen molar-refractivity contribution in [3.05, 3.63) is 0 Å². The van der Waals surface area contributed by atoms with Crippen LogP contribution in [0.4, 0.5) is 0 Å².